The lowest BCUT2D eigenvalue weighted by molar-refractivity contribution is -0.125. The fraction of sp³-hybridized carbons (Fsp3) is 0.444. The largest absolute Gasteiger partial charge is 0.381 e. The number of aliphatic hydroxyl groups is 1. The zero-order valence-electron chi connectivity index (χ0n) is 9.19. The van der Waals surface area contributed by atoms with Crippen LogP contribution < -0.4 is 16.4 Å². The average molecular weight is 225 g/mol. The van der Waals surface area contributed by atoms with Crippen LogP contribution in [0.3, 0.4) is 0 Å². The van der Waals surface area contributed by atoms with E-state index in [0.717, 1.165) is 0 Å². The lowest BCUT2D eigenvalue weighted by Crippen LogP contribution is -2.34. The maximum absolute atomic E-state index is 10.6. The standard InChI is InChI=1S/C9H15N5O2/c1-5-13-7(11-2)3-8(14-5)12-4-6(15)9(10)16/h3,6,15H,4H2,1-2H3,(H2,10,16)(H2,11,12,13,14). The quantitative estimate of drug-likeness (QED) is 0.515. The minimum atomic E-state index is -1.23. The molecule has 0 aromatic carbocycles. The van der Waals surface area contributed by atoms with E-state index in [-0.39, 0.29) is 6.54 Å². The number of carbonyl (C=O) groups excluding carboxylic acids is 1. The summed E-state index contributed by atoms with van der Waals surface area (Å²) in [5.41, 5.74) is 4.91. The van der Waals surface area contributed by atoms with Crippen LogP contribution in [0.4, 0.5) is 11.6 Å². The van der Waals surface area contributed by atoms with Gasteiger partial charge in [-0.1, -0.05) is 0 Å². The number of rotatable bonds is 5. The van der Waals surface area contributed by atoms with E-state index < -0.39 is 12.0 Å². The number of aromatic nitrogens is 2. The van der Waals surface area contributed by atoms with Crippen molar-refractivity contribution < 1.29 is 9.90 Å². The smallest absolute Gasteiger partial charge is 0.248 e. The molecule has 1 heterocycles. The second-order valence-electron chi connectivity index (χ2n) is 3.23. The van der Waals surface area contributed by atoms with Crippen LogP contribution in [0.1, 0.15) is 5.82 Å². The van der Waals surface area contributed by atoms with E-state index in [1.165, 1.54) is 0 Å². The third-order valence-corrected chi connectivity index (χ3v) is 1.90. The first-order valence-electron chi connectivity index (χ1n) is 4.77. The Kier molecular flexibility index (Phi) is 4.01. The summed E-state index contributed by atoms with van der Waals surface area (Å²) >= 11 is 0. The number of anilines is 2. The second-order valence-corrected chi connectivity index (χ2v) is 3.23. The molecular weight excluding hydrogens is 210 g/mol. The molecule has 88 valence electrons. The number of carbonyl (C=O) groups is 1. The van der Waals surface area contributed by atoms with E-state index in [2.05, 4.69) is 20.6 Å². The number of primary amides is 1. The van der Waals surface area contributed by atoms with Crippen LogP contribution in [0.2, 0.25) is 0 Å². The molecule has 0 aliphatic rings. The van der Waals surface area contributed by atoms with Crippen molar-refractivity contribution in [3.05, 3.63) is 11.9 Å². The van der Waals surface area contributed by atoms with Gasteiger partial charge in [-0.15, -0.1) is 0 Å². The highest BCUT2D eigenvalue weighted by atomic mass is 16.3. The van der Waals surface area contributed by atoms with Crippen molar-refractivity contribution in [1.82, 2.24) is 9.97 Å². The molecule has 1 atom stereocenters. The second kappa shape index (κ2) is 5.26. The molecule has 1 aromatic rings. The number of aliphatic hydroxyl groups excluding tert-OH is 1. The lowest BCUT2D eigenvalue weighted by atomic mass is 10.3. The monoisotopic (exact) mass is 225 g/mol. The Bertz CT molecular complexity index is 382. The molecule has 16 heavy (non-hydrogen) atoms. The fourth-order valence-electron chi connectivity index (χ4n) is 1.09. The highest BCUT2D eigenvalue weighted by Gasteiger charge is 2.10. The molecule has 1 rings (SSSR count). The van der Waals surface area contributed by atoms with Crippen molar-refractivity contribution in [2.45, 2.75) is 13.0 Å². The summed E-state index contributed by atoms with van der Waals surface area (Å²) in [6.07, 6.45) is -1.23. The molecule has 1 unspecified atom stereocenters. The van der Waals surface area contributed by atoms with Gasteiger partial charge in [-0.05, 0) is 6.92 Å². The van der Waals surface area contributed by atoms with E-state index in [0.29, 0.717) is 17.5 Å². The van der Waals surface area contributed by atoms with Gasteiger partial charge in [0.2, 0.25) is 5.91 Å². The van der Waals surface area contributed by atoms with Crippen LogP contribution in [-0.4, -0.2) is 40.7 Å². The van der Waals surface area contributed by atoms with Crippen LogP contribution >= 0.6 is 0 Å². The third kappa shape index (κ3) is 3.35. The molecule has 0 saturated carbocycles. The van der Waals surface area contributed by atoms with Crippen LogP contribution in [0.5, 0.6) is 0 Å². The molecule has 5 N–H and O–H groups in total. The number of hydrogen-bond donors (Lipinski definition) is 4. The molecule has 7 nitrogen and oxygen atoms in total. The summed E-state index contributed by atoms with van der Waals surface area (Å²) in [5, 5.41) is 14.9. The molecule has 7 heteroatoms. The molecular formula is C9H15N5O2. The minimum absolute atomic E-state index is 0.0228. The van der Waals surface area contributed by atoms with Gasteiger partial charge in [0.15, 0.2) is 0 Å². The summed E-state index contributed by atoms with van der Waals surface area (Å²) in [6.45, 7) is 1.77. The third-order valence-electron chi connectivity index (χ3n) is 1.90. The predicted molar refractivity (Wildman–Crippen MR) is 60.0 cm³/mol. The van der Waals surface area contributed by atoms with Gasteiger partial charge in [-0.2, -0.15) is 0 Å². The molecule has 1 aromatic heterocycles. The van der Waals surface area contributed by atoms with E-state index in [9.17, 15) is 9.90 Å². The van der Waals surface area contributed by atoms with Gasteiger partial charge in [0.05, 0.1) is 6.54 Å². The van der Waals surface area contributed by atoms with Gasteiger partial charge >= 0.3 is 0 Å². The highest BCUT2D eigenvalue weighted by Crippen LogP contribution is 2.09. The van der Waals surface area contributed by atoms with E-state index in [1.807, 2.05) is 0 Å². The Morgan fingerprint density at radius 2 is 2.19 bits per heavy atom. The van der Waals surface area contributed by atoms with Gasteiger partial charge in [0.25, 0.3) is 0 Å². The molecule has 1 amide bonds. The van der Waals surface area contributed by atoms with Crippen LogP contribution in [0, 0.1) is 6.92 Å². The first-order valence-corrected chi connectivity index (χ1v) is 4.77. The van der Waals surface area contributed by atoms with E-state index in [4.69, 9.17) is 5.73 Å². The molecule has 0 radical (unpaired) electrons. The highest BCUT2D eigenvalue weighted by molar-refractivity contribution is 5.79. The Morgan fingerprint density at radius 1 is 1.56 bits per heavy atom. The number of aryl methyl sites for hydroxylation is 1. The first kappa shape index (κ1) is 12.2. The summed E-state index contributed by atoms with van der Waals surface area (Å²) in [4.78, 5) is 18.8. The normalized spacial score (nSPS) is 11.9. The predicted octanol–water partition coefficient (Wildman–Crippen LogP) is -0.915. The zero-order chi connectivity index (χ0) is 12.1. The van der Waals surface area contributed by atoms with Gasteiger partial charge in [-0.25, -0.2) is 9.97 Å². The Balaban J connectivity index is 2.66. The Labute approximate surface area is 93.1 Å². The van der Waals surface area contributed by atoms with Crippen molar-refractivity contribution in [3.8, 4) is 0 Å². The van der Waals surface area contributed by atoms with Crippen molar-refractivity contribution in [2.75, 3.05) is 24.2 Å². The molecule has 0 fully saturated rings. The first-order chi connectivity index (χ1) is 7.52. The van der Waals surface area contributed by atoms with Gasteiger partial charge in [0, 0.05) is 13.1 Å². The molecule has 0 aliphatic carbocycles. The zero-order valence-corrected chi connectivity index (χ0v) is 9.19. The summed E-state index contributed by atoms with van der Waals surface area (Å²) in [7, 11) is 1.74. The number of nitrogens with one attached hydrogen (secondary N) is 2. The summed E-state index contributed by atoms with van der Waals surface area (Å²) in [5.74, 6) is 0.996. The van der Waals surface area contributed by atoms with Crippen molar-refractivity contribution in [1.29, 1.82) is 0 Å². The molecule has 0 spiro atoms. The van der Waals surface area contributed by atoms with Crippen molar-refractivity contribution in [2.24, 2.45) is 5.73 Å². The SMILES string of the molecule is CNc1cc(NCC(O)C(N)=O)nc(C)n1. The molecule has 0 bridgehead atoms. The fourth-order valence-corrected chi connectivity index (χ4v) is 1.09. The topological polar surface area (TPSA) is 113 Å². The number of hydrogen-bond acceptors (Lipinski definition) is 6. The lowest BCUT2D eigenvalue weighted by Gasteiger charge is -2.10. The summed E-state index contributed by atoms with van der Waals surface area (Å²) < 4.78 is 0. The number of amides is 1. The van der Waals surface area contributed by atoms with Crippen LogP contribution in [0.15, 0.2) is 6.07 Å². The van der Waals surface area contributed by atoms with Crippen molar-refractivity contribution in [3.63, 3.8) is 0 Å². The summed E-state index contributed by atoms with van der Waals surface area (Å²) in [6, 6.07) is 1.67. The van der Waals surface area contributed by atoms with E-state index in [1.54, 1.807) is 20.0 Å². The minimum Gasteiger partial charge on any atom is -0.381 e. The number of nitrogens with two attached hydrogens (primary N) is 1. The Hall–Kier alpha value is -1.89. The van der Waals surface area contributed by atoms with E-state index >= 15 is 0 Å². The van der Waals surface area contributed by atoms with Crippen LogP contribution in [0.25, 0.3) is 0 Å². The van der Waals surface area contributed by atoms with Crippen LogP contribution in [-0.2, 0) is 4.79 Å². The average Bonchev–Trinajstić information content (AvgIpc) is 2.24. The van der Waals surface area contributed by atoms with Gasteiger partial charge in [-0.3, -0.25) is 4.79 Å². The number of nitrogens with zero attached hydrogens (tertiary/aromatic N) is 2. The van der Waals surface area contributed by atoms with Gasteiger partial charge in [0.1, 0.15) is 23.6 Å². The van der Waals surface area contributed by atoms with Gasteiger partial charge < -0.3 is 21.5 Å². The Morgan fingerprint density at radius 3 is 2.75 bits per heavy atom. The maximum atomic E-state index is 10.6. The van der Waals surface area contributed by atoms with Crippen molar-refractivity contribution >= 4 is 17.5 Å². The molecule has 0 aliphatic heterocycles. The molecule has 0 saturated heterocycles. The maximum Gasteiger partial charge on any atom is 0.248 e.